The number of hydrogen-bond donors (Lipinski definition) is 0. The number of fused-ring (bicyclic) bond motifs is 2. The van der Waals surface area contributed by atoms with E-state index < -0.39 is 0 Å². The molecule has 0 saturated carbocycles. The van der Waals surface area contributed by atoms with E-state index in [1.807, 2.05) is 42.6 Å². The molecule has 0 bridgehead atoms. The minimum Gasteiger partial charge on any atom is -0.497 e. The van der Waals surface area contributed by atoms with E-state index in [1.165, 1.54) is 0 Å². The number of azide groups is 1. The van der Waals surface area contributed by atoms with Crippen LogP contribution in [-0.4, -0.2) is 31.3 Å². The zero-order valence-electron chi connectivity index (χ0n) is 18.4. The monoisotopic (exact) mass is 429 g/mol. The van der Waals surface area contributed by atoms with Crippen LogP contribution in [0.25, 0.3) is 32.1 Å². The summed E-state index contributed by atoms with van der Waals surface area (Å²) in [5, 5.41) is 6.75. The normalized spacial score (nSPS) is 10.8. The average Bonchev–Trinajstić information content (AvgIpc) is 2.83. The fourth-order valence-corrected chi connectivity index (χ4v) is 3.88. The molecule has 8 nitrogen and oxygen atoms in total. The quantitative estimate of drug-likeness (QED) is 0.207. The zero-order chi connectivity index (χ0) is 22.7. The number of methoxy groups -OCH3 is 3. The number of hydrogen-bond acceptors (Lipinski definition) is 6. The second-order valence-corrected chi connectivity index (χ2v) is 7.23. The van der Waals surface area contributed by atoms with E-state index in [0.717, 1.165) is 50.7 Å². The zero-order valence-corrected chi connectivity index (χ0v) is 18.4. The molecule has 162 valence electrons. The van der Waals surface area contributed by atoms with Crippen molar-refractivity contribution < 1.29 is 14.2 Å². The first-order valence-electron chi connectivity index (χ1n) is 10.2. The van der Waals surface area contributed by atoms with Gasteiger partial charge in [0.15, 0.2) is 11.5 Å². The highest BCUT2D eigenvalue weighted by molar-refractivity contribution is 5.91. The topological polar surface area (TPSA) is 102 Å². The Morgan fingerprint density at radius 3 is 2.34 bits per heavy atom. The van der Waals surface area contributed by atoms with Crippen molar-refractivity contribution in [2.45, 2.75) is 19.8 Å². The van der Waals surface area contributed by atoms with Gasteiger partial charge in [-0.3, -0.25) is 4.98 Å². The number of pyridine rings is 2. The third-order valence-electron chi connectivity index (χ3n) is 5.49. The van der Waals surface area contributed by atoms with Crippen LogP contribution in [0.15, 0.2) is 47.7 Å². The Labute approximate surface area is 185 Å². The first kappa shape index (κ1) is 21.2. The van der Waals surface area contributed by atoms with Crippen molar-refractivity contribution in [2.75, 3.05) is 21.3 Å². The second kappa shape index (κ2) is 8.99. The van der Waals surface area contributed by atoms with Gasteiger partial charge in [-0.2, -0.15) is 0 Å². The van der Waals surface area contributed by atoms with Crippen LogP contribution in [0.4, 0.5) is 5.82 Å². The largest absolute Gasteiger partial charge is 0.497 e. The van der Waals surface area contributed by atoms with Gasteiger partial charge in [0.2, 0.25) is 0 Å². The van der Waals surface area contributed by atoms with E-state index in [4.69, 9.17) is 19.7 Å². The molecule has 0 atom stereocenters. The number of aromatic nitrogens is 2. The number of rotatable bonds is 7. The molecule has 0 amide bonds. The van der Waals surface area contributed by atoms with Gasteiger partial charge in [-0.05, 0) is 70.0 Å². The maximum atomic E-state index is 9.09. The lowest BCUT2D eigenvalue weighted by molar-refractivity contribution is 0.356. The minimum absolute atomic E-state index is 0.346. The highest BCUT2D eigenvalue weighted by Crippen LogP contribution is 2.36. The lowest BCUT2D eigenvalue weighted by atomic mass is 9.97. The summed E-state index contributed by atoms with van der Waals surface area (Å²) in [5.41, 5.74) is 12.6. The molecule has 0 fully saturated rings. The Kier molecular flexibility index (Phi) is 5.96. The van der Waals surface area contributed by atoms with Crippen molar-refractivity contribution in [1.29, 1.82) is 0 Å². The number of nitrogens with zero attached hydrogens (tertiary/aromatic N) is 5. The molecule has 0 unspecified atom stereocenters. The molecular weight excluding hydrogens is 406 g/mol. The van der Waals surface area contributed by atoms with Gasteiger partial charge in [0.1, 0.15) is 11.6 Å². The Morgan fingerprint density at radius 1 is 0.938 bits per heavy atom. The smallest absolute Gasteiger partial charge is 0.161 e. The molecule has 4 rings (SSSR count). The molecule has 2 aromatic heterocycles. The summed E-state index contributed by atoms with van der Waals surface area (Å²) in [6.07, 6.45) is 3.13. The fraction of sp³-hybridized carbons (Fsp3) is 0.250. The van der Waals surface area contributed by atoms with Crippen LogP contribution in [-0.2, 0) is 12.8 Å². The van der Waals surface area contributed by atoms with Gasteiger partial charge in [-0.1, -0.05) is 6.92 Å². The Hall–Kier alpha value is -4.03. The predicted molar refractivity (Wildman–Crippen MR) is 124 cm³/mol. The van der Waals surface area contributed by atoms with Crippen molar-refractivity contribution in [3.8, 4) is 17.2 Å². The van der Waals surface area contributed by atoms with E-state index in [1.54, 1.807) is 21.3 Å². The van der Waals surface area contributed by atoms with Crippen LogP contribution in [0.2, 0.25) is 0 Å². The SMILES string of the molecule is CCc1ncc(Cc2cc3cc(OC)ccc3nc2N=[N+]=[N-])c2cc(OC)c(OC)cc12. The van der Waals surface area contributed by atoms with Crippen LogP contribution in [0.5, 0.6) is 17.2 Å². The first-order valence-corrected chi connectivity index (χ1v) is 10.2. The van der Waals surface area contributed by atoms with Gasteiger partial charge in [0.25, 0.3) is 0 Å². The van der Waals surface area contributed by atoms with Gasteiger partial charge in [0, 0.05) is 34.0 Å². The van der Waals surface area contributed by atoms with E-state index in [2.05, 4.69) is 26.9 Å². The van der Waals surface area contributed by atoms with E-state index in [9.17, 15) is 0 Å². The molecule has 0 aliphatic carbocycles. The van der Waals surface area contributed by atoms with E-state index in [0.29, 0.717) is 23.7 Å². The molecule has 4 aromatic rings. The van der Waals surface area contributed by atoms with Crippen molar-refractivity contribution >= 4 is 27.5 Å². The van der Waals surface area contributed by atoms with E-state index in [-0.39, 0.29) is 0 Å². The molecule has 0 spiro atoms. The summed E-state index contributed by atoms with van der Waals surface area (Å²) in [4.78, 5) is 12.2. The van der Waals surface area contributed by atoms with Crippen molar-refractivity contribution in [2.24, 2.45) is 5.11 Å². The van der Waals surface area contributed by atoms with E-state index >= 15 is 0 Å². The third-order valence-corrected chi connectivity index (χ3v) is 5.49. The second-order valence-electron chi connectivity index (χ2n) is 7.23. The molecule has 8 heteroatoms. The van der Waals surface area contributed by atoms with Gasteiger partial charge in [-0.15, -0.1) is 0 Å². The Bertz CT molecular complexity index is 1360. The van der Waals surface area contributed by atoms with Crippen molar-refractivity contribution in [3.63, 3.8) is 0 Å². The summed E-state index contributed by atoms with van der Waals surface area (Å²) < 4.78 is 16.4. The first-order chi connectivity index (χ1) is 15.6. The molecule has 0 N–H and O–H groups in total. The van der Waals surface area contributed by atoms with Crippen LogP contribution in [0.3, 0.4) is 0 Å². The summed E-state index contributed by atoms with van der Waals surface area (Å²) in [5.74, 6) is 2.38. The third kappa shape index (κ3) is 3.84. The lowest BCUT2D eigenvalue weighted by Crippen LogP contribution is -1.99. The van der Waals surface area contributed by atoms with Gasteiger partial charge < -0.3 is 14.2 Å². The molecule has 0 radical (unpaired) electrons. The standard InChI is InChI=1S/C24H23N5O3/c1-5-20-19-12-23(32-4)22(31-3)11-18(19)16(13-26-20)9-15-8-14-10-17(30-2)6-7-21(14)27-24(15)28-29-25/h6-8,10-13H,5,9H2,1-4H3. The molecule has 0 saturated heterocycles. The Morgan fingerprint density at radius 2 is 1.69 bits per heavy atom. The maximum Gasteiger partial charge on any atom is 0.161 e. The maximum absolute atomic E-state index is 9.09. The highest BCUT2D eigenvalue weighted by Gasteiger charge is 2.15. The minimum atomic E-state index is 0.346. The highest BCUT2D eigenvalue weighted by atomic mass is 16.5. The predicted octanol–water partition coefficient (Wildman–Crippen LogP) is 5.90. The van der Waals surface area contributed by atoms with Crippen LogP contribution in [0.1, 0.15) is 23.7 Å². The molecule has 2 heterocycles. The summed E-state index contributed by atoms with van der Waals surface area (Å²) in [7, 11) is 4.86. The number of ether oxygens (including phenoxy) is 3. The summed E-state index contributed by atoms with van der Waals surface area (Å²) in [6.45, 7) is 2.07. The van der Waals surface area contributed by atoms with Gasteiger partial charge in [0.05, 0.1) is 26.8 Å². The molecule has 0 aliphatic heterocycles. The molecule has 2 aromatic carbocycles. The average molecular weight is 429 g/mol. The van der Waals surface area contributed by atoms with Crippen molar-refractivity contribution in [1.82, 2.24) is 9.97 Å². The van der Waals surface area contributed by atoms with Crippen LogP contribution >= 0.6 is 0 Å². The molecule has 32 heavy (non-hydrogen) atoms. The lowest BCUT2D eigenvalue weighted by Gasteiger charge is -2.15. The van der Waals surface area contributed by atoms with Crippen LogP contribution in [0, 0.1) is 0 Å². The van der Waals surface area contributed by atoms with Gasteiger partial charge >= 0.3 is 0 Å². The fourth-order valence-electron chi connectivity index (χ4n) is 3.88. The molecule has 0 aliphatic rings. The number of aryl methyl sites for hydroxylation is 1. The van der Waals surface area contributed by atoms with Crippen LogP contribution < -0.4 is 14.2 Å². The summed E-state index contributed by atoms with van der Waals surface area (Å²) in [6, 6.07) is 11.5. The molecular formula is C24H23N5O3. The van der Waals surface area contributed by atoms with Crippen molar-refractivity contribution in [3.05, 3.63) is 69.9 Å². The van der Waals surface area contributed by atoms with Gasteiger partial charge in [-0.25, -0.2) is 4.98 Å². The summed E-state index contributed by atoms with van der Waals surface area (Å²) >= 11 is 0. The number of benzene rings is 2. The Balaban J connectivity index is 1.92.